The highest BCUT2D eigenvalue weighted by Gasteiger charge is 2.20. The number of rotatable bonds is 6. The van der Waals surface area contributed by atoms with Gasteiger partial charge >= 0.3 is 12.1 Å². The van der Waals surface area contributed by atoms with Gasteiger partial charge in [0, 0.05) is 5.75 Å². The molecule has 1 atom stereocenters. The second kappa shape index (κ2) is 8.42. The Morgan fingerprint density at radius 3 is 2.53 bits per heavy atom. The van der Waals surface area contributed by atoms with Crippen LogP contribution in [-0.2, 0) is 20.9 Å². The van der Waals surface area contributed by atoms with E-state index in [2.05, 4.69) is 17.9 Å². The minimum absolute atomic E-state index is 0.148. The number of alkyl carbamates (subject to hydrolysis) is 1. The normalized spacial score (nSPS) is 11.5. The molecule has 0 aliphatic heterocycles. The molecule has 0 fully saturated rings. The highest BCUT2D eigenvalue weighted by Crippen LogP contribution is 2.01. The second-order valence-electron chi connectivity index (χ2n) is 3.69. The number of carbonyl (C=O) groups excluding carboxylic acids is 2. The van der Waals surface area contributed by atoms with Gasteiger partial charge in [-0.25, -0.2) is 9.59 Å². The summed E-state index contributed by atoms with van der Waals surface area (Å²) in [6.45, 7) is 2.10. The number of amides is 1. The lowest BCUT2D eigenvalue weighted by atomic mass is 10.2. The Bertz CT molecular complexity index is 410. The van der Waals surface area contributed by atoms with Crippen LogP contribution in [0.3, 0.4) is 0 Å². The van der Waals surface area contributed by atoms with E-state index in [0.717, 1.165) is 5.56 Å². The van der Waals surface area contributed by atoms with Crippen molar-refractivity contribution in [3.05, 3.63) is 35.9 Å². The summed E-state index contributed by atoms with van der Waals surface area (Å²) in [6.07, 6.45) is -0.670. The fourth-order valence-electron chi connectivity index (χ4n) is 1.33. The summed E-state index contributed by atoms with van der Waals surface area (Å²) in [4.78, 5) is 23.0. The van der Waals surface area contributed by atoms with Gasteiger partial charge in [0.05, 0.1) is 6.61 Å². The Hall–Kier alpha value is -1.69. The zero-order valence-corrected chi connectivity index (χ0v) is 11.6. The number of carbonyl (C=O) groups is 2. The zero-order chi connectivity index (χ0) is 14.1. The van der Waals surface area contributed by atoms with Crippen LogP contribution in [0.2, 0.25) is 0 Å². The van der Waals surface area contributed by atoms with Gasteiger partial charge in [-0.2, -0.15) is 12.6 Å². The first-order chi connectivity index (χ1) is 9.17. The minimum atomic E-state index is -0.799. The lowest BCUT2D eigenvalue weighted by molar-refractivity contribution is -0.144. The van der Waals surface area contributed by atoms with Gasteiger partial charge in [-0.3, -0.25) is 0 Å². The Morgan fingerprint density at radius 1 is 1.26 bits per heavy atom. The van der Waals surface area contributed by atoms with Crippen LogP contribution in [-0.4, -0.2) is 30.5 Å². The van der Waals surface area contributed by atoms with Crippen molar-refractivity contribution in [3.63, 3.8) is 0 Å². The van der Waals surface area contributed by atoms with Crippen LogP contribution in [0.15, 0.2) is 30.3 Å². The fraction of sp³-hybridized carbons (Fsp3) is 0.385. The SMILES string of the molecule is CCOC(=O)C(CS)NC(=O)OCc1ccccc1. The van der Waals surface area contributed by atoms with Gasteiger partial charge in [0.2, 0.25) is 0 Å². The van der Waals surface area contributed by atoms with Gasteiger partial charge in [0.1, 0.15) is 12.6 Å². The van der Waals surface area contributed by atoms with Crippen molar-refractivity contribution in [2.75, 3.05) is 12.4 Å². The Balaban J connectivity index is 2.39. The molecule has 0 radical (unpaired) electrons. The van der Waals surface area contributed by atoms with Crippen molar-refractivity contribution < 1.29 is 19.1 Å². The van der Waals surface area contributed by atoms with Crippen LogP contribution in [0.5, 0.6) is 0 Å². The van der Waals surface area contributed by atoms with E-state index in [1.165, 1.54) is 0 Å². The third-order valence-corrected chi connectivity index (χ3v) is 2.62. The largest absolute Gasteiger partial charge is 0.464 e. The molecule has 1 unspecified atom stereocenters. The van der Waals surface area contributed by atoms with E-state index in [1.54, 1.807) is 6.92 Å². The third-order valence-electron chi connectivity index (χ3n) is 2.26. The second-order valence-corrected chi connectivity index (χ2v) is 4.06. The number of esters is 1. The summed E-state index contributed by atoms with van der Waals surface area (Å²) in [5.41, 5.74) is 0.871. The van der Waals surface area contributed by atoms with Gasteiger partial charge in [-0.15, -0.1) is 0 Å². The highest BCUT2D eigenvalue weighted by atomic mass is 32.1. The molecule has 0 heterocycles. The topological polar surface area (TPSA) is 64.6 Å². The molecule has 1 amide bonds. The monoisotopic (exact) mass is 283 g/mol. The maximum Gasteiger partial charge on any atom is 0.408 e. The van der Waals surface area contributed by atoms with E-state index in [0.29, 0.717) is 0 Å². The van der Waals surface area contributed by atoms with Crippen molar-refractivity contribution in [2.45, 2.75) is 19.6 Å². The number of hydrogen-bond acceptors (Lipinski definition) is 5. The molecule has 0 aromatic heterocycles. The van der Waals surface area contributed by atoms with Crippen molar-refractivity contribution in [3.8, 4) is 0 Å². The molecule has 0 spiro atoms. The van der Waals surface area contributed by atoms with Gasteiger partial charge in [-0.05, 0) is 12.5 Å². The van der Waals surface area contributed by atoms with E-state index in [4.69, 9.17) is 9.47 Å². The van der Waals surface area contributed by atoms with Crippen molar-refractivity contribution in [1.82, 2.24) is 5.32 Å². The maximum absolute atomic E-state index is 11.5. The number of hydrogen-bond donors (Lipinski definition) is 2. The summed E-state index contributed by atoms with van der Waals surface area (Å²) >= 11 is 3.99. The van der Waals surface area contributed by atoms with Crippen LogP contribution in [0, 0.1) is 0 Å². The van der Waals surface area contributed by atoms with E-state index >= 15 is 0 Å². The molecule has 0 saturated carbocycles. The number of ether oxygens (including phenoxy) is 2. The lowest BCUT2D eigenvalue weighted by Gasteiger charge is -2.14. The predicted molar refractivity (Wildman–Crippen MR) is 74.0 cm³/mol. The Morgan fingerprint density at radius 2 is 1.95 bits per heavy atom. The van der Waals surface area contributed by atoms with Crippen molar-refractivity contribution in [2.24, 2.45) is 0 Å². The quantitative estimate of drug-likeness (QED) is 0.617. The molecule has 0 saturated heterocycles. The summed E-state index contributed by atoms with van der Waals surface area (Å²) in [5.74, 6) is -0.367. The first kappa shape index (κ1) is 15.4. The van der Waals surface area contributed by atoms with Gasteiger partial charge in [0.25, 0.3) is 0 Å². The average Bonchev–Trinajstić information content (AvgIpc) is 2.44. The maximum atomic E-state index is 11.5. The van der Waals surface area contributed by atoms with Gasteiger partial charge in [-0.1, -0.05) is 30.3 Å². The molecule has 1 N–H and O–H groups in total. The molecule has 1 aromatic carbocycles. The smallest absolute Gasteiger partial charge is 0.408 e. The van der Waals surface area contributed by atoms with Crippen LogP contribution in [0.1, 0.15) is 12.5 Å². The Kier molecular flexibility index (Phi) is 6.81. The van der Waals surface area contributed by atoms with Crippen LogP contribution >= 0.6 is 12.6 Å². The summed E-state index contributed by atoms with van der Waals surface area (Å²) in [7, 11) is 0. The summed E-state index contributed by atoms with van der Waals surface area (Å²) in [6, 6.07) is 8.47. The lowest BCUT2D eigenvalue weighted by Crippen LogP contribution is -2.43. The van der Waals surface area contributed by atoms with Crippen molar-refractivity contribution >= 4 is 24.7 Å². The number of thiol groups is 1. The van der Waals surface area contributed by atoms with Gasteiger partial charge in [0.15, 0.2) is 0 Å². The molecule has 0 aliphatic carbocycles. The van der Waals surface area contributed by atoms with Crippen LogP contribution in [0.4, 0.5) is 4.79 Å². The highest BCUT2D eigenvalue weighted by molar-refractivity contribution is 7.80. The standard InChI is InChI=1S/C13H17NO4S/c1-2-17-12(15)11(9-19)14-13(16)18-8-10-6-4-3-5-7-10/h3-7,11,19H,2,8-9H2,1H3,(H,14,16). The predicted octanol–water partition coefficient (Wildman–Crippen LogP) is 1.77. The molecule has 1 aromatic rings. The van der Waals surface area contributed by atoms with Gasteiger partial charge < -0.3 is 14.8 Å². The molecule has 6 heteroatoms. The zero-order valence-electron chi connectivity index (χ0n) is 10.7. The average molecular weight is 283 g/mol. The molecule has 104 valence electrons. The van der Waals surface area contributed by atoms with E-state index < -0.39 is 18.1 Å². The van der Waals surface area contributed by atoms with E-state index in [-0.39, 0.29) is 19.0 Å². The van der Waals surface area contributed by atoms with Crippen molar-refractivity contribution in [1.29, 1.82) is 0 Å². The molecule has 0 aliphatic rings. The first-order valence-corrected chi connectivity index (χ1v) is 6.55. The third kappa shape index (κ3) is 5.65. The minimum Gasteiger partial charge on any atom is -0.464 e. The van der Waals surface area contributed by atoms with E-state index in [9.17, 15) is 9.59 Å². The molecule has 1 rings (SSSR count). The summed E-state index contributed by atoms with van der Waals surface area (Å²) < 4.78 is 9.80. The molecule has 5 nitrogen and oxygen atoms in total. The Labute approximate surface area is 117 Å². The summed E-state index contributed by atoms with van der Waals surface area (Å²) in [5, 5.41) is 2.41. The van der Waals surface area contributed by atoms with Crippen LogP contribution in [0.25, 0.3) is 0 Å². The first-order valence-electron chi connectivity index (χ1n) is 5.92. The van der Waals surface area contributed by atoms with E-state index in [1.807, 2.05) is 30.3 Å². The molecular weight excluding hydrogens is 266 g/mol. The molecular formula is C13H17NO4S. The fourth-order valence-corrected chi connectivity index (χ4v) is 1.57. The van der Waals surface area contributed by atoms with Crippen LogP contribution < -0.4 is 5.32 Å². The molecule has 19 heavy (non-hydrogen) atoms. The number of nitrogens with one attached hydrogen (secondary N) is 1. The number of benzene rings is 1. The molecule has 0 bridgehead atoms.